The van der Waals surface area contributed by atoms with Gasteiger partial charge in [-0.05, 0) is 44.1 Å². The third-order valence-electron chi connectivity index (χ3n) is 4.00. The summed E-state index contributed by atoms with van der Waals surface area (Å²) in [6.45, 7) is 6.33. The quantitative estimate of drug-likeness (QED) is 0.877. The Morgan fingerprint density at radius 2 is 2.05 bits per heavy atom. The predicted molar refractivity (Wildman–Crippen MR) is 73.3 cm³/mol. The van der Waals surface area contributed by atoms with Gasteiger partial charge in [-0.1, -0.05) is 13.8 Å². The minimum Gasteiger partial charge on any atom is -0.477 e. The summed E-state index contributed by atoms with van der Waals surface area (Å²) in [4.78, 5) is 19.3. The van der Waals surface area contributed by atoms with E-state index in [-0.39, 0.29) is 5.69 Å². The molecule has 1 heterocycles. The summed E-state index contributed by atoms with van der Waals surface area (Å²) >= 11 is 0. The maximum atomic E-state index is 11.0. The predicted octanol–water partition coefficient (Wildman–Crippen LogP) is 2.72. The molecule has 0 amide bonds. The normalized spacial score (nSPS) is 27.0. The number of aromatic carboxylic acids is 1. The highest BCUT2D eigenvalue weighted by Gasteiger charge is 2.25. The molecule has 5 heteroatoms. The van der Waals surface area contributed by atoms with E-state index in [1.165, 1.54) is 12.5 Å². The van der Waals surface area contributed by atoms with Gasteiger partial charge in [0.15, 0.2) is 5.69 Å². The molecule has 1 saturated carbocycles. The number of carbonyl (C=O) groups is 1. The zero-order valence-electron chi connectivity index (χ0n) is 11.7. The van der Waals surface area contributed by atoms with Crippen molar-refractivity contribution in [1.29, 1.82) is 0 Å². The van der Waals surface area contributed by atoms with Crippen molar-refractivity contribution in [2.24, 2.45) is 11.8 Å². The molecular weight excluding hydrogens is 242 g/mol. The third kappa shape index (κ3) is 3.43. The van der Waals surface area contributed by atoms with Crippen molar-refractivity contribution >= 4 is 11.9 Å². The van der Waals surface area contributed by atoms with Gasteiger partial charge in [-0.3, -0.25) is 0 Å². The summed E-state index contributed by atoms with van der Waals surface area (Å²) in [5, 5.41) is 12.3. The molecule has 3 unspecified atom stereocenters. The molecule has 2 rings (SSSR count). The Labute approximate surface area is 113 Å². The van der Waals surface area contributed by atoms with Gasteiger partial charge < -0.3 is 10.4 Å². The monoisotopic (exact) mass is 263 g/mol. The molecule has 0 aromatic carbocycles. The third-order valence-corrected chi connectivity index (χ3v) is 4.00. The number of aromatic nitrogens is 2. The minimum atomic E-state index is -1.01. The molecule has 104 valence electrons. The van der Waals surface area contributed by atoms with Gasteiger partial charge in [-0.25, -0.2) is 14.8 Å². The van der Waals surface area contributed by atoms with Crippen molar-refractivity contribution in [3.63, 3.8) is 0 Å². The molecule has 0 saturated heterocycles. The highest BCUT2D eigenvalue weighted by Crippen LogP contribution is 2.30. The summed E-state index contributed by atoms with van der Waals surface area (Å²) in [6, 6.07) is 1.83. The second-order valence-electron chi connectivity index (χ2n) is 5.63. The Bertz CT molecular complexity index is 476. The van der Waals surface area contributed by atoms with Crippen LogP contribution in [-0.4, -0.2) is 27.1 Å². The number of aryl methyl sites for hydroxylation is 1. The first-order chi connectivity index (χ1) is 8.95. The van der Waals surface area contributed by atoms with E-state index in [1.807, 2.05) is 0 Å². The Morgan fingerprint density at radius 1 is 1.32 bits per heavy atom. The van der Waals surface area contributed by atoms with E-state index in [1.54, 1.807) is 6.92 Å². The SMILES string of the molecule is Cc1cc(C(=O)O)nc(NC2CCC(C)C(C)C2)n1. The zero-order chi connectivity index (χ0) is 14.0. The van der Waals surface area contributed by atoms with Crippen molar-refractivity contribution in [2.75, 3.05) is 5.32 Å². The molecule has 3 atom stereocenters. The highest BCUT2D eigenvalue weighted by molar-refractivity contribution is 5.85. The summed E-state index contributed by atoms with van der Waals surface area (Å²) in [5.74, 6) is 0.851. The maximum absolute atomic E-state index is 11.0. The van der Waals surface area contributed by atoms with Crippen LogP contribution in [0, 0.1) is 18.8 Å². The molecule has 5 nitrogen and oxygen atoms in total. The van der Waals surface area contributed by atoms with Crippen molar-refractivity contribution in [3.8, 4) is 0 Å². The lowest BCUT2D eigenvalue weighted by Crippen LogP contribution is -2.31. The molecule has 1 aliphatic carbocycles. The molecule has 19 heavy (non-hydrogen) atoms. The van der Waals surface area contributed by atoms with Gasteiger partial charge in [-0.15, -0.1) is 0 Å². The Balaban J connectivity index is 2.09. The smallest absolute Gasteiger partial charge is 0.354 e. The van der Waals surface area contributed by atoms with Gasteiger partial charge in [-0.2, -0.15) is 0 Å². The van der Waals surface area contributed by atoms with Crippen LogP contribution in [0.2, 0.25) is 0 Å². The fraction of sp³-hybridized carbons (Fsp3) is 0.643. The number of hydrogen-bond donors (Lipinski definition) is 2. The summed E-state index contributed by atoms with van der Waals surface area (Å²) < 4.78 is 0. The lowest BCUT2D eigenvalue weighted by atomic mass is 9.79. The van der Waals surface area contributed by atoms with Crippen LogP contribution in [0.3, 0.4) is 0 Å². The van der Waals surface area contributed by atoms with Gasteiger partial charge in [0.2, 0.25) is 5.95 Å². The van der Waals surface area contributed by atoms with Gasteiger partial charge >= 0.3 is 5.97 Å². The molecule has 0 spiro atoms. The maximum Gasteiger partial charge on any atom is 0.354 e. The number of rotatable bonds is 3. The summed E-state index contributed by atoms with van der Waals surface area (Å²) in [6.07, 6.45) is 3.36. The molecular formula is C14H21N3O2. The molecule has 0 radical (unpaired) electrons. The lowest BCUT2D eigenvalue weighted by molar-refractivity contribution is 0.0690. The van der Waals surface area contributed by atoms with Crippen molar-refractivity contribution in [2.45, 2.75) is 46.1 Å². The number of nitrogens with one attached hydrogen (secondary N) is 1. The average molecular weight is 263 g/mol. The van der Waals surface area contributed by atoms with Crippen molar-refractivity contribution < 1.29 is 9.90 Å². The summed E-state index contributed by atoms with van der Waals surface area (Å²) in [5.41, 5.74) is 0.722. The lowest BCUT2D eigenvalue weighted by Gasteiger charge is -2.32. The molecule has 0 aliphatic heterocycles. The Morgan fingerprint density at radius 3 is 2.68 bits per heavy atom. The minimum absolute atomic E-state index is 0.0484. The first kappa shape index (κ1) is 13.8. The average Bonchev–Trinajstić information content (AvgIpc) is 2.33. The van der Waals surface area contributed by atoms with Crippen LogP contribution in [0.4, 0.5) is 5.95 Å². The van der Waals surface area contributed by atoms with Crippen LogP contribution in [0.5, 0.6) is 0 Å². The van der Waals surface area contributed by atoms with Crippen LogP contribution >= 0.6 is 0 Å². The highest BCUT2D eigenvalue weighted by atomic mass is 16.4. The topological polar surface area (TPSA) is 75.1 Å². The van der Waals surface area contributed by atoms with Crippen molar-refractivity contribution in [3.05, 3.63) is 17.5 Å². The number of carboxylic acid groups (broad SMARTS) is 1. The van der Waals surface area contributed by atoms with Crippen LogP contribution < -0.4 is 5.32 Å². The van der Waals surface area contributed by atoms with Crippen molar-refractivity contribution in [1.82, 2.24) is 9.97 Å². The van der Waals surface area contributed by atoms with Gasteiger partial charge in [0.05, 0.1) is 0 Å². The molecule has 1 aromatic heterocycles. The second kappa shape index (κ2) is 5.55. The van der Waals surface area contributed by atoms with Gasteiger partial charge in [0.25, 0.3) is 0 Å². The number of carboxylic acids is 1. The number of hydrogen-bond acceptors (Lipinski definition) is 4. The Kier molecular flexibility index (Phi) is 4.02. The first-order valence-corrected chi connectivity index (χ1v) is 6.81. The van der Waals surface area contributed by atoms with E-state index in [0.717, 1.165) is 18.8 Å². The van der Waals surface area contributed by atoms with Gasteiger partial charge in [0, 0.05) is 11.7 Å². The van der Waals surface area contributed by atoms with E-state index in [0.29, 0.717) is 23.6 Å². The standard InChI is InChI=1S/C14H21N3O2/c1-8-4-5-11(6-9(8)2)16-14-15-10(3)7-12(17-14)13(18)19/h7-9,11H,4-6H2,1-3H3,(H,18,19)(H,15,16,17). The van der Waals surface area contributed by atoms with E-state index in [4.69, 9.17) is 5.11 Å². The summed E-state index contributed by atoms with van der Waals surface area (Å²) in [7, 11) is 0. The molecule has 2 N–H and O–H groups in total. The number of nitrogens with zero attached hydrogens (tertiary/aromatic N) is 2. The van der Waals surface area contributed by atoms with Crippen LogP contribution in [-0.2, 0) is 0 Å². The Hall–Kier alpha value is -1.65. The fourth-order valence-corrected chi connectivity index (χ4v) is 2.60. The second-order valence-corrected chi connectivity index (χ2v) is 5.63. The molecule has 1 aromatic rings. The van der Waals surface area contributed by atoms with E-state index in [9.17, 15) is 4.79 Å². The van der Waals surface area contributed by atoms with Crippen LogP contribution in [0.15, 0.2) is 6.07 Å². The molecule has 0 bridgehead atoms. The zero-order valence-corrected chi connectivity index (χ0v) is 11.7. The molecule has 1 aliphatic rings. The largest absolute Gasteiger partial charge is 0.477 e. The fourth-order valence-electron chi connectivity index (χ4n) is 2.60. The van der Waals surface area contributed by atoms with E-state index >= 15 is 0 Å². The number of anilines is 1. The van der Waals surface area contributed by atoms with Crippen LogP contribution in [0.25, 0.3) is 0 Å². The first-order valence-electron chi connectivity index (χ1n) is 6.81. The van der Waals surface area contributed by atoms with Gasteiger partial charge in [0.1, 0.15) is 0 Å². The van der Waals surface area contributed by atoms with E-state index < -0.39 is 5.97 Å². The van der Waals surface area contributed by atoms with E-state index in [2.05, 4.69) is 29.1 Å². The van der Waals surface area contributed by atoms with Crippen LogP contribution in [0.1, 0.15) is 49.3 Å². The molecule has 1 fully saturated rings.